The number of methoxy groups -OCH3 is 1. The minimum atomic E-state index is -0.968. The van der Waals surface area contributed by atoms with Crippen molar-refractivity contribution in [3.63, 3.8) is 0 Å². The number of carboxylic acid groups (broad SMARTS) is 1. The predicted octanol–water partition coefficient (Wildman–Crippen LogP) is 1.34. The van der Waals surface area contributed by atoms with E-state index in [1.54, 1.807) is 13.0 Å². The lowest BCUT2D eigenvalue weighted by Gasteiger charge is -2.08. The number of ether oxygens (including phenoxy) is 1. The lowest BCUT2D eigenvalue weighted by atomic mass is 10.1. The molecule has 0 aliphatic carbocycles. The topological polar surface area (TPSA) is 66.8 Å². The fraction of sp³-hybridized carbons (Fsp3) is 0.300. The van der Waals surface area contributed by atoms with Crippen LogP contribution in [0.1, 0.15) is 11.1 Å². The highest BCUT2D eigenvalue weighted by molar-refractivity contribution is 5.71. The van der Waals surface area contributed by atoms with E-state index in [1.165, 1.54) is 13.2 Å². The molecule has 76 valence electrons. The molecule has 0 heterocycles. The summed E-state index contributed by atoms with van der Waals surface area (Å²) in [6.45, 7) is 1.80. The van der Waals surface area contributed by atoms with Gasteiger partial charge in [0, 0.05) is 11.6 Å². The van der Waals surface area contributed by atoms with Crippen LogP contribution < -0.4 is 4.74 Å². The number of phenols is 1. The van der Waals surface area contributed by atoms with E-state index in [4.69, 9.17) is 9.84 Å². The smallest absolute Gasteiger partial charge is 0.307 e. The summed E-state index contributed by atoms with van der Waals surface area (Å²) in [5.41, 5.74) is 1.21. The van der Waals surface area contributed by atoms with Crippen molar-refractivity contribution in [2.24, 2.45) is 0 Å². The van der Waals surface area contributed by atoms with Gasteiger partial charge in [0.25, 0.3) is 0 Å². The van der Waals surface area contributed by atoms with Crippen LogP contribution in [0.3, 0.4) is 0 Å². The van der Waals surface area contributed by atoms with Crippen molar-refractivity contribution in [3.8, 4) is 11.5 Å². The Labute approximate surface area is 81.8 Å². The Kier molecular flexibility index (Phi) is 2.96. The second-order valence-electron chi connectivity index (χ2n) is 3.02. The molecule has 0 unspecified atom stereocenters. The first kappa shape index (κ1) is 10.4. The van der Waals surface area contributed by atoms with Crippen LogP contribution in [0.25, 0.3) is 0 Å². The highest BCUT2D eigenvalue weighted by Gasteiger charge is 2.09. The van der Waals surface area contributed by atoms with Crippen molar-refractivity contribution in [2.45, 2.75) is 13.3 Å². The molecule has 0 fully saturated rings. The van der Waals surface area contributed by atoms with Crippen molar-refractivity contribution in [2.75, 3.05) is 7.11 Å². The van der Waals surface area contributed by atoms with E-state index < -0.39 is 5.97 Å². The van der Waals surface area contributed by atoms with Crippen LogP contribution in [0.5, 0.6) is 11.5 Å². The van der Waals surface area contributed by atoms with Crippen LogP contribution in [-0.2, 0) is 11.2 Å². The van der Waals surface area contributed by atoms with Gasteiger partial charge in [-0.3, -0.25) is 4.79 Å². The number of carbonyl (C=O) groups is 1. The van der Waals surface area contributed by atoms with Gasteiger partial charge in [0.2, 0.25) is 0 Å². The molecule has 0 atom stereocenters. The third kappa shape index (κ3) is 2.16. The summed E-state index contributed by atoms with van der Waals surface area (Å²) >= 11 is 0. The molecule has 0 amide bonds. The monoisotopic (exact) mass is 196 g/mol. The molecule has 2 N–H and O–H groups in total. The first-order valence-corrected chi connectivity index (χ1v) is 4.13. The number of hydrogen-bond acceptors (Lipinski definition) is 3. The van der Waals surface area contributed by atoms with E-state index in [0.717, 1.165) is 5.56 Å². The molecular formula is C10H12O4. The third-order valence-corrected chi connectivity index (χ3v) is 1.94. The molecule has 0 bridgehead atoms. The Morgan fingerprint density at radius 3 is 2.64 bits per heavy atom. The number of hydrogen-bond donors (Lipinski definition) is 2. The second kappa shape index (κ2) is 4.00. The summed E-state index contributed by atoms with van der Waals surface area (Å²) in [6.07, 6.45) is -0.184. The number of aliphatic carboxylic acids is 1. The molecular weight excluding hydrogens is 184 g/mol. The van der Waals surface area contributed by atoms with Crippen LogP contribution in [0.15, 0.2) is 12.1 Å². The van der Waals surface area contributed by atoms with Crippen LogP contribution >= 0.6 is 0 Å². The van der Waals surface area contributed by atoms with Crippen molar-refractivity contribution >= 4 is 5.97 Å². The van der Waals surface area contributed by atoms with E-state index >= 15 is 0 Å². The Morgan fingerprint density at radius 2 is 2.14 bits per heavy atom. The van der Waals surface area contributed by atoms with Gasteiger partial charge in [-0.1, -0.05) is 0 Å². The van der Waals surface area contributed by atoms with Crippen LogP contribution in [0, 0.1) is 6.92 Å². The van der Waals surface area contributed by atoms with Gasteiger partial charge in [0.15, 0.2) is 0 Å². The lowest BCUT2D eigenvalue weighted by molar-refractivity contribution is -0.136. The number of aromatic hydroxyl groups is 1. The summed E-state index contributed by atoms with van der Waals surface area (Å²) in [6, 6.07) is 3.04. The first-order chi connectivity index (χ1) is 6.54. The van der Waals surface area contributed by atoms with Crippen molar-refractivity contribution in [3.05, 3.63) is 23.3 Å². The Morgan fingerprint density at radius 1 is 1.50 bits per heavy atom. The van der Waals surface area contributed by atoms with E-state index in [-0.39, 0.29) is 12.2 Å². The maximum atomic E-state index is 10.4. The van der Waals surface area contributed by atoms with Gasteiger partial charge < -0.3 is 14.9 Å². The number of benzene rings is 1. The van der Waals surface area contributed by atoms with Crippen LogP contribution in [0.2, 0.25) is 0 Å². The van der Waals surface area contributed by atoms with Crippen molar-refractivity contribution < 1.29 is 19.7 Å². The van der Waals surface area contributed by atoms with Gasteiger partial charge in [0.1, 0.15) is 11.5 Å². The van der Waals surface area contributed by atoms with Gasteiger partial charge in [0.05, 0.1) is 13.5 Å². The maximum absolute atomic E-state index is 10.4. The number of rotatable bonds is 3. The van der Waals surface area contributed by atoms with Crippen molar-refractivity contribution in [1.82, 2.24) is 0 Å². The molecule has 0 saturated heterocycles. The van der Waals surface area contributed by atoms with Gasteiger partial charge in [-0.15, -0.1) is 0 Å². The number of phenolic OH excluding ortho intramolecular Hbond substituents is 1. The van der Waals surface area contributed by atoms with Crippen molar-refractivity contribution in [1.29, 1.82) is 0 Å². The zero-order valence-electron chi connectivity index (χ0n) is 8.07. The Balaban J connectivity index is 3.08. The summed E-state index contributed by atoms with van der Waals surface area (Å²) in [4.78, 5) is 10.4. The molecule has 0 aromatic heterocycles. The molecule has 14 heavy (non-hydrogen) atoms. The predicted molar refractivity (Wildman–Crippen MR) is 50.7 cm³/mol. The van der Waals surface area contributed by atoms with Gasteiger partial charge >= 0.3 is 5.97 Å². The largest absolute Gasteiger partial charge is 0.508 e. The molecule has 4 heteroatoms. The molecule has 1 aromatic carbocycles. The molecule has 4 nitrogen and oxygen atoms in total. The van der Waals surface area contributed by atoms with Gasteiger partial charge in [-0.2, -0.15) is 0 Å². The number of carboxylic acids is 1. The zero-order chi connectivity index (χ0) is 10.7. The molecule has 1 aromatic rings. The summed E-state index contributed by atoms with van der Waals surface area (Å²) in [5, 5.41) is 18.0. The molecule has 0 aliphatic heterocycles. The van der Waals surface area contributed by atoms with E-state index in [0.29, 0.717) is 11.3 Å². The maximum Gasteiger partial charge on any atom is 0.307 e. The Bertz CT molecular complexity index is 357. The minimum absolute atomic E-state index is 0.0464. The zero-order valence-corrected chi connectivity index (χ0v) is 8.07. The SMILES string of the molecule is COc1cc(O)c(CC(=O)O)cc1C. The molecule has 1 rings (SSSR count). The quantitative estimate of drug-likeness (QED) is 0.765. The highest BCUT2D eigenvalue weighted by Crippen LogP contribution is 2.27. The normalized spacial score (nSPS) is 9.86. The van der Waals surface area contributed by atoms with Gasteiger partial charge in [-0.25, -0.2) is 0 Å². The average Bonchev–Trinajstić information content (AvgIpc) is 2.10. The summed E-state index contributed by atoms with van der Waals surface area (Å²) in [5.74, 6) is -0.462. The highest BCUT2D eigenvalue weighted by atomic mass is 16.5. The standard InChI is InChI=1S/C10H12O4/c1-6-3-7(4-10(12)13)8(11)5-9(6)14-2/h3,5,11H,4H2,1-2H3,(H,12,13). The fourth-order valence-corrected chi connectivity index (χ4v) is 1.26. The van der Waals surface area contributed by atoms with Crippen LogP contribution in [0.4, 0.5) is 0 Å². The molecule has 0 spiro atoms. The first-order valence-electron chi connectivity index (χ1n) is 4.13. The summed E-state index contributed by atoms with van der Waals surface area (Å²) in [7, 11) is 1.50. The second-order valence-corrected chi connectivity index (χ2v) is 3.02. The molecule has 0 saturated carbocycles. The average molecular weight is 196 g/mol. The number of aryl methyl sites for hydroxylation is 1. The van der Waals surface area contributed by atoms with E-state index in [2.05, 4.69) is 0 Å². The molecule has 0 radical (unpaired) electrons. The third-order valence-electron chi connectivity index (χ3n) is 1.94. The minimum Gasteiger partial charge on any atom is -0.508 e. The van der Waals surface area contributed by atoms with E-state index in [9.17, 15) is 9.90 Å². The fourth-order valence-electron chi connectivity index (χ4n) is 1.26. The lowest BCUT2D eigenvalue weighted by Crippen LogP contribution is -2.01. The van der Waals surface area contributed by atoms with E-state index in [1.807, 2.05) is 0 Å². The molecule has 0 aliphatic rings. The summed E-state index contributed by atoms with van der Waals surface area (Å²) < 4.78 is 4.98. The van der Waals surface area contributed by atoms with Gasteiger partial charge in [-0.05, 0) is 18.6 Å². The Hall–Kier alpha value is -1.71. The van der Waals surface area contributed by atoms with Crippen LogP contribution in [-0.4, -0.2) is 23.3 Å².